The first kappa shape index (κ1) is 22.1. The standard InChI is InChI=1S/C23H24N2O6/c1-23(2,3)31-20(26)15-9-7-13-6-8-14-10-16(21(27)29-4)17(22(28)30-5)12-19(14)25-24-18(13)11-15/h7,9-12H,6,8H2,1-5H3. The molecular weight excluding hydrogens is 400 g/mol. The van der Waals surface area contributed by atoms with E-state index in [2.05, 4.69) is 10.2 Å². The second-order valence-electron chi connectivity index (χ2n) is 8.06. The average molecular weight is 424 g/mol. The Morgan fingerprint density at radius 2 is 1.32 bits per heavy atom. The van der Waals surface area contributed by atoms with Crippen LogP contribution in [0.4, 0.5) is 11.4 Å². The molecule has 0 radical (unpaired) electrons. The predicted octanol–water partition coefficient (Wildman–Crippen LogP) is 4.73. The van der Waals surface area contributed by atoms with Crippen LogP contribution in [-0.4, -0.2) is 37.7 Å². The maximum atomic E-state index is 12.4. The van der Waals surface area contributed by atoms with Gasteiger partial charge in [-0.1, -0.05) is 6.07 Å². The molecule has 2 aromatic rings. The van der Waals surface area contributed by atoms with E-state index in [1.807, 2.05) is 6.07 Å². The molecule has 0 atom stereocenters. The topological polar surface area (TPSA) is 104 Å². The van der Waals surface area contributed by atoms with E-state index in [1.54, 1.807) is 39.0 Å². The summed E-state index contributed by atoms with van der Waals surface area (Å²) < 4.78 is 15.0. The van der Waals surface area contributed by atoms with Gasteiger partial charge in [0.05, 0.1) is 42.3 Å². The minimum absolute atomic E-state index is 0.0513. The van der Waals surface area contributed by atoms with Crippen LogP contribution in [0.5, 0.6) is 0 Å². The molecule has 0 N–H and O–H groups in total. The van der Waals surface area contributed by atoms with Gasteiger partial charge in [-0.3, -0.25) is 0 Å². The third-order valence-corrected chi connectivity index (χ3v) is 4.68. The highest BCUT2D eigenvalue weighted by atomic mass is 16.6. The number of hydrogen-bond donors (Lipinski definition) is 0. The van der Waals surface area contributed by atoms with Crippen LogP contribution >= 0.6 is 0 Å². The molecule has 0 bridgehead atoms. The first-order chi connectivity index (χ1) is 14.6. The monoisotopic (exact) mass is 424 g/mol. The molecule has 2 aromatic carbocycles. The summed E-state index contributed by atoms with van der Waals surface area (Å²) in [6.45, 7) is 5.41. The van der Waals surface area contributed by atoms with Gasteiger partial charge in [0.25, 0.3) is 0 Å². The molecule has 0 aromatic heterocycles. The van der Waals surface area contributed by atoms with Gasteiger partial charge in [0.1, 0.15) is 5.60 Å². The second-order valence-corrected chi connectivity index (χ2v) is 8.06. The van der Waals surface area contributed by atoms with E-state index < -0.39 is 23.5 Å². The van der Waals surface area contributed by atoms with Crippen molar-refractivity contribution in [3.63, 3.8) is 0 Å². The largest absolute Gasteiger partial charge is 0.465 e. The molecule has 0 spiro atoms. The summed E-state index contributed by atoms with van der Waals surface area (Å²) in [7, 11) is 2.48. The fraction of sp³-hybridized carbons (Fsp3) is 0.348. The summed E-state index contributed by atoms with van der Waals surface area (Å²) >= 11 is 0. The van der Waals surface area contributed by atoms with E-state index in [0.717, 1.165) is 11.1 Å². The van der Waals surface area contributed by atoms with Crippen LogP contribution in [0.15, 0.2) is 40.6 Å². The lowest BCUT2D eigenvalue weighted by atomic mass is 9.95. The van der Waals surface area contributed by atoms with Gasteiger partial charge in [-0.05, 0) is 69.0 Å². The van der Waals surface area contributed by atoms with E-state index >= 15 is 0 Å². The fourth-order valence-corrected chi connectivity index (χ4v) is 3.19. The SMILES string of the molecule is COC(=O)c1cc2c(cc1C(=O)OC)N=Nc1cc(C(=O)OC(C)(C)C)ccc1CC2. The molecule has 3 rings (SSSR count). The highest BCUT2D eigenvalue weighted by Crippen LogP contribution is 2.33. The van der Waals surface area contributed by atoms with Crippen LogP contribution < -0.4 is 0 Å². The molecule has 31 heavy (non-hydrogen) atoms. The molecule has 0 unspecified atom stereocenters. The zero-order valence-electron chi connectivity index (χ0n) is 18.1. The van der Waals surface area contributed by atoms with E-state index in [0.29, 0.717) is 29.8 Å². The first-order valence-electron chi connectivity index (χ1n) is 9.74. The normalized spacial score (nSPS) is 12.7. The Morgan fingerprint density at radius 3 is 1.90 bits per heavy atom. The Balaban J connectivity index is 2.02. The Kier molecular flexibility index (Phi) is 6.19. The third-order valence-electron chi connectivity index (χ3n) is 4.68. The summed E-state index contributed by atoms with van der Waals surface area (Å²) in [6, 6.07) is 8.22. The number of carbonyl (C=O) groups is 3. The van der Waals surface area contributed by atoms with Gasteiger partial charge in [0, 0.05) is 0 Å². The lowest BCUT2D eigenvalue weighted by Gasteiger charge is -2.20. The zero-order chi connectivity index (χ0) is 22.8. The summed E-state index contributed by atoms with van der Waals surface area (Å²) in [5.41, 5.74) is 2.58. The second kappa shape index (κ2) is 8.67. The van der Waals surface area contributed by atoms with Crippen molar-refractivity contribution in [3.8, 4) is 0 Å². The van der Waals surface area contributed by atoms with Crippen molar-refractivity contribution < 1.29 is 28.6 Å². The Labute approximate surface area is 180 Å². The molecule has 8 heteroatoms. The third kappa shape index (κ3) is 4.96. The van der Waals surface area contributed by atoms with Crippen LogP contribution in [0.2, 0.25) is 0 Å². The molecule has 8 nitrogen and oxygen atoms in total. The molecular formula is C23H24N2O6. The van der Waals surface area contributed by atoms with Crippen LogP contribution in [0.1, 0.15) is 63.0 Å². The molecule has 0 saturated carbocycles. The number of hydrogen-bond acceptors (Lipinski definition) is 8. The Hall–Kier alpha value is -3.55. The van der Waals surface area contributed by atoms with Crippen LogP contribution in [0.25, 0.3) is 0 Å². The van der Waals surface area contributed by atoms with Crippen LogP contribution in [0, 0.1) is 0 Å². The number of rotatable bonds is 3. The summed E-state index contributed by atoms with van der Waals surface area (Å²) in [5, 5.41) is 8.58. The quantitative estimate of drug-likeness (QED) is 0.521. The number of benzene rings is 2. The molecule has 1 aliphatic heterocycles. The van der Waals surface area contributed by atoms with Gasteiger partial charge in [-0.15, -0.1) is 0 Å². The Morgan fingerprint density at radius 1 is 0.774 bits per heavy atom. The number of esters is 3. The minimum Gasteiger partial charge on any atom is -0.465 e. The van der Waals surface area contributed by atoms with Gasteiger partial charge in [-0.2, -0.15) is 10.2 Å². The molecule has 1 heterocycles. The number of methoxy groups -OCH3 is 2. The van der Waals surface area contributed by atoms with Gasteiger partial charge in [-0.25, -0.2) is 14.4 Å². The van der Waals surface area contributed by atoms with Gasteiger partial charge in [0.15, 0.2) is 0 Å². The van der Waals surface area contributed by atoms with Crippen molar-refractivity contribution in [3.05, 3.63) is 58.1 Å². The number of carbonyl (C=O) groups excluding carboxylic acids is 3. The van der Waals surface area contributed by atoms with Gasteiger partial charge in [0.2, 0.25) is 0 Å². The number of azo groups is 1. The summed E-state index contributed by atoms with van der Waals surface area (Å²) in [5.74, 6) is -1.75. The Bertz CT molecular complexity index is 1080. The summed E-state index contributed by atoms with van der Waals surface area (Å²) in [6.07, 6.45) is 1.16. The highest BCUT2D eigenvalue weighted by molar-refractivity contribution is 6.04. The van der Waals surface area contributed by atoms with Crippen molar-refractivity contribution in [2.45, 2.75) is 39.2 Å². The van der Waals surface area contributed by atoms with Crippen LogP contribution in [0.3, 0.4) is 0 Å². The van der Waals surface area contributed by atoms with E-state index in [-0.39, 0.29) is 11.1 Å². The molecule has 1 aliphatic rings. The maximum absolute atomic E-state index is 12.4. The predicted molar refractivity (Wildman–Crippen MR) is 112 cm³/mol. The molecule has 0 aliphatic carbocycles. The van der Waals surface area contributed by atoms with E-state index in [4.69, 9.17) is 14.2 Å². The zero-order valence-corrected chi connectivity index (χ0v) is 18.1. The smallest absolute Gasteiger partial charge is 0.338 e. The highest BCUT2D eigenvalue weighted by Gasteiger charge is 2.23. The number of nitrogens with zero attached hydrogens (tertiary/aromatic N) is 2. The summed E-state index contributed by atoms with van der Waals surface area (Å²) in [4.78, 5) is 36.7. The molecule has 0 saturated heterocycles. The van der Waals surface area contributed by atoms with Crippen molar-refractivity contribution >= 4 is 29.3 Å². The first-order valence-corrected chi connectivity index (χ1v) is 9.74. The van der Waals surface area contributed by atoms with Crippen LogP contribution in [-0.2, 0) is 27.1 Å². The van der Waals surface area contributed by atoms with Gasteiger partial charge >= 0.3 is 17.9 Å². The molecule has 0 amide bonds. The lowest BCUT2D eigenvalue weighted by molar-refractivity contribution is 0.00691. The van der Waals surface area contributed by atoms with Gasteiger partial charge < -0.3 is 14.2 Å². The number of ether oxygens (including phenoxy) is 3. The van der Waals surface area contributed by atoms with Crippen molar-refractivity contribution in [2.75, 3.05) is 14.2 Å². The van der Waals surface area contributed by atoms with E-state index in [1.165, 1.54) is 20.3 Å². The fourth-order valence-electron chi connectivity index (χ4n) is 3.19. The number of fused-ring (bicyclic) bond motifs is 2. The van der Waals surface area contributed by atoms with Crippen molar-refractivity contribution in [2.24, 2.45) is 10.2 Å². The van der Waals surface area contributed by atoms with Crippen molar-refractivity contribution in [1.29, 1.82) is 0 Å². The van der Waals surface area contributed by atoms with Crippen molar-refractivity contribution in [1.82, 2.24) is 0 Å². The lowest BCUT2D eigenvalue weighted by Crippen LogP contribution is -2.23. The van der Waals surface area contributed by atoms with E-state index in [9.17, 15) is 14.4 Å². The average Bonchev–Trinajstić information content (AvgIpc) is 2.72. The molecule has 162 valence electrons. The molecule has 0 fully saturated rings. The minimum atomic E-state index is -0.673. The maximum Gasteiger partial charge on any atom is 0.338 e. The number of aryl methyl sites for hydroxylation is 2.